The number of nitrogens with two attached hydrogens (primary N) is 1. The molecule has 5 heteroatoms. The van der Waals surface area contributed by atoms with Crippen LogP contribution in [0.15, 0.2) is 46.9 Å². The number of nitrogen functional groups attached to an aromatic ring is 1. The zero-order valence-electron chi connectivity index (χ0n) is 13.9. The molecular weight excluding hydrogens is 304 g/mol. The van der Waals surface area contributed by atoms with E-state index in [0.29, 0.717) is 28.3 Å². The number of anilines is 1. The van der Waals surface area contributed by atoms with Crippen LogP contribution in [-0.4, -0.2) is 19.1 Å². The Hall–Kier alpha value is -2.95. The maximum absolute atomic E-state index is 12.4. The van der Waals surface area contributed by atoms with E-state index in [1.54, 1.807) is 19.2 Å². The van der Waals surface area contributed by atoms with Crippen molar-refractivity contribution in [1.29, 1.82) is 0 Å². The quantitative estimate of drug-likeness (QED) is 0.715. The Labute approximate surface area is 140 Å². The predicted molar refractivity (Wildman–Crippen MR) is 95.2 cm³/mol. The molecule has 0 saturated carbocycles. The Morgan fingerprint density at radius 3 is 2.50 bits per heavy atom. The van der Waals surface area contributed by atoms with E-state index < -0.39 is 0 Å². The van der Waals surface area contributed by atoms with Crippen LogP contribution in [0.1, 0.15) is 24.2 Å². The minimum Gasteiger partial charge on any atom is -0.491 e. The first-order chi connectivity index (χ1) is 11.5. The Morgan fingerprint density at radius 2 is 1.88 bits per heavy atom. The number of carbonyl (C=O) groups is 1. The van der Waals surface area contributed by atoms with Crippen molar-refractivity contribution in [3.05, 3.63) is 48.0 Å². The number of furan rings is 1. The largest absolute Gasteiger partial charge is 0.491 e. The fourth-order valence-electron chi connectivity index (χ4n) is 2.61. The lowest BCUT2D eigenvalue weighted by atomic mass is 10.0. The second-order valence-corrected chi connectivity index (χ2v) is 5.83. The van der Waals surface area contributed by atoms with Crippen LogP contribution in [0.5, 0.6) is 5.75 Å². The molecule has 1 heterocycles. The molecule has 124 valence electrons. The summed E-state index contributed by atoms with van der Waals surface area (Å²) in [6.07, 6.45) is 0.0503. The maximum atomic E-state index is 12.4. The predicted octanol–water partition coefficient (Wildman–Crippen LogP) is 3.83. The fourth-order valence-corrected chi connectivity index (χ4v) is 2.61. The van der Waals surface area contributed by atoms with Crippen molar-refractivity contribution in [3.63, 3.8) is 0 Å². The topological polar surface area (TPSA) is 77.5 Å². The zero-order valence-corrected chi connectivity index (χ0v) is 13.9. The number of hydrogen-bond donors (Lipinski definition) is 2. The van der Waals surface area contributed by atoms with E-state index in [-0.39, 0.29) is 12.0 Å². The summed E-state index contributed by atoms with van der Waals surface area (Å²) in [6.45, 7) is 3.91. The van der Waals surface area contributed by atoms with Gasteiger partial charge in [0.15, 0.2) is 0 Å². The third-order valence-electron chi connectivity index (χ3n) is 3.66. The maximum Gasteiger partial charge on any atom is 0.255 e. The highest BCUT2D eigenvalue weighted by Crippen LogP contribution is 2.36. The highest BCUT2D eigenvalue weighted by molar-refractivity contribution is 6.11. The summed E-state index contributed by atoms with van der Waals surface area (Å²) in [4.78, 5) is 12.4. The van der Waals surface area contributed by atoms with E-state index in [4.69, 9.17) is 14.9 Å². The smallest absolute Gasteiger partial charge is 0.255 e. The second kappa shape index (κ2) is 6.28. The molecule has 0 unspecified atom stereocenters. The third kappa shape index (κ3) is 2.93. The average molecular weight is 324 g/mol. The molecular formula is C19H20N2O3. The lowest BCUT2D eigenvalue weighted by Gasteiger charge is -2.09. The Kier molecular flexibility index (Phi) is 4.16. The molecule has 24 heavy (non-hydrogen) atoms. The van der Waals surface area contributed by atoms with Gasteiger partial charge in [-0.2, -0.15) is 0 Å². The standard InChI is InChI=1S/C19H20N2O3/c1-11(2)23-14-8-9-16-15(10-14)17(19(22)21-3)18(24-16)12-4-6-13(20)7-5-12/h4-11H,20H2,1-3H3,(H,21,22). The fraction of sp³-hybridized carbons (Fsp3) is 0.211. The lowest BCUT2D eigenvalue weighted by molar-refractivity contribution is 0.0964. The molecule has 1 aromatic heterocycles. The van der Waals surface area contributed by atoms with Crippen LogP contribution < -0.4 is 15.8 Å². The van der Waals surface area contributed by atoms with Gasteiger partial charge in [-0.3, -0.25) is 4.79 Å². The Balaban J connectivity index is 2.21. The molecule has 0 radical (unpaired) electrons. The molecule has 3 rings (SSSR count). The van der Waals surface area contributed by atoms with Crippen LogP contribution >= 0.6 is 0 Å². The van der Waals surface area contributed by atoms with E-state index in [1.807, 2.05) is 44.2 Å². The lowest BCUT2D eigenvalue weighted by Crippen LogP contribution is -2.18. The number of nitrogens with one attached hydrogen (secondary N) is 1. The summed E-state index contributed by atoms with van der Waals surface area (Å²) in [5, 5.41) is 3.40. The highest BCUT2D eigenvalue weighted by atomic mass is 16.5. The van der Waals surface area contributed by atoms with Gasteiger partial charge in [-0.05, 0) is 56.3 Å². The number of hydrogen-bond acceptors (Lipinski definition) is 4. The molecule has 0 aliphatic carbocycles. The van der Waals surface area contributed by atoms with Gasteiger partial charge in [0, 0.05) is 23.7 Å². The number of rotatable bonds is 4. The molecule has 0 aliphatic rings. The number of carbonyl (C=O) groups excluding carboxylic acids is 1. The minimum absolute atomic E-state index is 0.0503. The summed E-state index contributed by atoms with van der Waals surface area (Å²) in [7, 11) is 1.60. The van der Waals surface area contributed by atoms with Gasteiger partial charge in [0.25, 0.3) is 5.91 Å². The molecule has 1 amide bonds. The first kappa shape index (κ1) is 15.9. The Morgan fingerprint density at radius 1 is 1.17 bits per heavy atom. The minimum atomic E-state index is -0.206. The van der Waals surface area contributed by atoms with E-state index in [1.165, 1.54) is 0 Å². The number of fused-ring (bicyclic) bond motifs is 1. The van der Waals surface area contributed by atoms with Crippen molar-refractivity contribution < 1.29 is 13.9 Å². The molecule has 5 nitrogen and oxygen atoms in total. The van der Waals surface area contributed by atoms with Crippen molar-refractivity contribution in [2.24, 2.45) is 0 Å². The van der Waals surface area contributed by atoms with Gasteiger partial charge >= 0.3 is 0 Å². The molecule has 0 aliphatic heterocycles. The van der Waals surface area contributed by atoms with Crippen LogP contribution in [0.2, 0.25) is 0 Å². The van der Waals surface area contributed by atoms with Crippen molar-refractivity contribution in [3.8, 4) is 17.1 Å². The number of amides is 1. The molecule has 2 aromatic carbocycles. The Bertz CT molecular complexity index is 880. The average Bonchev–Trinajstić information content (AvgIpc) is 2.93. The van der Waals surface area contributed by atoms with Gasteiger partial charge in [0.2, 0.25) is 0 Å². The normalized spacial score (nSPS) is 11.0. The van der Waals surface area contributed by atoms with Gasteiger partial charge in [0.05, 0.1) is 11.7 Å². The zero-order chi connectivity index (χ0) is 17.3. The van der Waals surface area contributed by atoms with Gasteiger partial charge in [0.1, 0.15) is 17.1 Å². The summed E-state index contributed by atoms with van der Waals surface area (Å²) < 4.78 is 11.7. The van der Waals surface area contributed by atoms with Crippen molar-refractivity contribution >= 4 is 22.6 Å². The van der Waals surface area contributed by atoms with E-state index in [0.717, 1.165) is 10.9 Å². The molecule has 0 bridgehead atoms. The highest BCUT2D eigenvalue weighted by Gasteiger charge is 2.22. The molecule has 0 fully saturated rings. The van der Waals surface area contributed by atoms with E-state index in [9.17, 15) is 4.79 Å². The summed E-state index contributed by atoms with van der Waals surface area (Å²) in [5.74, 6) is 1.01. The summed E-state index contributed by atoms with van der Waals surface area (Å²) in [5.41, 5.74) is 8.32. The van der Waals surface area contributed by atoms with Crippen LogP contribution in [0, 0.1) is 0 Å². The molecule has 3 N–H and O–H groups in total. The summed E-state index contributed by atoms with van der Waals surface area (Å²) >= 11 is 0. The van der Waals surface area contributed by atoms with Crippen molar-refractivity contribution in [1.82, 2.24) is 5.32 Å². The van der Waals surface area contributed by atoms with Gasteiger partial charge in [-0.15, -0.1) is 0 Å². The van der Waals surface area contributed by atoms with E-state index in [2.05, 4.69) is 5.32 Å². The second-order valence-electron chi connectivity index (χ2n) is 5.83. The SMILES string of the molecule is CNC(=O)c1c(-c2ccc(N)cc2)oc2ccc(OC(C)C)cc12. The third-order valence-corrected chi connectivity index (χ3v) is 3.66. The first-order valence-corrected chi connectivity index (χ1v) is 7.80. The van der Waals surface area contributed by atoms with Gasteiger partial charge in [-0.1, -0.05) is 0 Å². The molecule has 0 atom stereocenters. The molecule has 0 saturated heterocycles. The van der Waals surface area contributed by atoms with Crippen molar-refractivity contribution in [2.75, 3.05) is 12.8 Å². The molecule has 3 aromatic rings. The molecule has 0 spiro atoms. The number of ether oxygens (including phenoxy) is 1. The van der Waals surface area contributed by atoms with Gasteiger partial charge < -0.3 is 20.2 Å². The monoisotopic (exact) mass is 324 g/mol. The van der Waals surface area contributed by atoms with Gasteiger partial charge in [-0.25, -0.2) is 0 Å². The van der Waals surface area contributed by atoms with E-state index >= 15 is 0 Å². The van der Waals surface area contributed by atoms with Crippen LogP contribution in [0.3, 0.4) is 0 Å². The number of benzene rings is 2. The van der Waals surface area contributed by atoms with Crippen molar-refractivity contribution in [2.45, 2.75) is 20.0 Å². The first-order valence-electron chi connectivity index (χ1n) is 7.80. The van der Waals surface area contributed by atoms with Crippen LogP contribution in [-0.2, 0) is 0 Å². The summed E-state index contributed by atoms with van der Waals surface area (Å²) in [6, 6.07) is 12.7. The van der Waals surface area contributed by atoms with Crippen LogP contribution in [0.25, 0.3) is 22.3 Å². The van der Waals surface area contributed by atoms with Crippen LogP contribution in [0.4, 0.5) is 5.69 Å².